The van der Waals surface area contributed by atoms with Crippen molar-refractivity contribution in [2.24, 2.45) is 0 Å². The number of rotatable bonds is 6. The van der Waals surface area contributed by atoms with Gasteiger partial charge < -0.3 is 14.6 Å². The topological polar surface area (TPSA) is 96.0 Å². The third-order valence-electron chi connectivity index (χ3n) is 5.82. The molecule has 5 rings (SSSR count). The molecule has 0 aliphatic carbocycles. The number of benzene rings is 2. The standard InChI is InChI=1S/C26H24N6O3/c1-17-23-22(25(30-14-7-8-15-30)32(29-23)20-11-5-4-6-12-20)26(34)31(28-17)18(2)24(33)27-19-10-9-13-21(16-19)35-3/h4-16,18H,1-3H3,(H,27,33). The molecule has 1 unspecified atom stereocenters. The molecule has 3 aromatic heterocycles. The Kier molecular flexibility index (Phi) is 5.66. The van der Waals surface area contributed by atoms with Gasteiger partial charge in [0.15, 0.2) is 5.82 Å². The maximum atomic E-state index is 13.8. The fourth-order valence-corrected chi connectivity index (χ4v) is 4.01. The Labute approximate surface area is 201 Å². The first-order chi connectivity index (χ1) is 17.0. The molecule has 0 bridgehead atoms. The SMILES string of the molecule is COc1cccc(NC(=O)C(C)n2nc(C)c3nn(-c4ccccc4)c(-n4cccc4)c3c2=O)c1. The van der Waals surface area contributed by atoms with Gasteiger partial charge in [-0.15, -0.1) is 0 Å². The van der Waals surface area contributed by atoms with Crippen LogP contribution in [0.3, 0.4) is 0 Å². The monoisotopic (exact) mass is 468 g/mol. The van der Waals surface area contributed by atoms with Crippen molar-refractivity contribution in [3.8, 4) is 17.3 Å². The number of carbonyl (C=O) groups excluding carboxylic acids is 1. The smallest absolute Gasteiger partial charge is 0.280 e. The summed E-state index contributed by atoms with van der Waals surface area (Å²) in [5.41, 5.74) is 2.01. The second-order valence-electron chi connectivity index (χ2n) is 8.12. The maximum Gasteiger partial charge on any atom is 0.280 e. The Balaban J connectivity index is 1.64. The van der Waals surface area contributed by atoms with E-state index >= 15 is 0 Å². The maximum absolute atomic E-state index is 13.8. The summed E-state index contributed by atoms with van der Waals surface area (Å²) in [6.45, 7) is 3.43. The normalized spacial score (nSPS) is 12.0. The number of carbonyl (C=O) groups is 1. The minimum atomic E-state index is -0.866. The number of aromatic nitrogens is 5. The van der Waals surface area contributed by atoms with Crippen LogP contribution in [0.15, 0.2) is 83.9 Å². The van der Waals surface area contributed by atoms with Crippen LogP contribution in [0.4, 0.5) is 5.69 Å². The van der Waals surface area contributed by atoms with Gasteiger partial charge in [-0.05, 0) is 50.2 Å². The summed E-state index contributed by atoms with van der Waals surface area (Å²) in [7, 11) is 1.56. The first-order valence-corrected chi connectivity index (χ1v) is 11.1. The molecule has 1 N–H and O–H groups in total. The Morgan fingerprint density at radius 3 is 2.46 bits per heavy atom. The predicted octanol–water partition coefficient (Wildman–Crippen LogP) is 3.89. The molecule has 0 spiro atoms. The lowest BCUT2D eigenvalue weighted by Gasteiger charge is -2.15. The molecule has 0 fully saturated rings. The molecule has 5 aromatic rings. The van der Waals surface area contributed by atoms with Crippen molar-refractivity contribution in [1.82, 2.24) is 24.1 Å². The molecule has 9 heteroatoms. The van der Waals surface area contributed by atoms with Gasteiger partial charge in [-0.1, -0.05) is 24.3 Å². The summed E-state index contributed by atoms with van der Waals surface area (Å²) >= 11 is 0. The number of para-hydroxylation sites is 1. The summed E-state index contributed by atoms with van der Waals surface area (Å²) in [5, 5.41) is 12.4. The third kappa shape index (κ3) is 3.97. The van der Waals surface area contributed by atoms with E-state index in [-0.39, 0.29) is 5.91 Å². The minimum absolute atomic E-state index is 0.371. The van der Waals surface area contributed by atoms with E-state index in [0.29, 0.717) is 33.9 Å². The van der Waals surface area contributed by atoms with Crippen LogP contribution in [0.25, 0.3) is 22.4 Å². The molecule has 176 valence electrons. The number of fused-ring (bicyclic) bond motifs is 1. The number of methoxy groups -OCH3 is 1. The average molecular weight is 469 g/mol. The van der Waals surface area contributed by atoms with Crippen molar-refractivity contribution in [2.75, 3.05) is 12.4 Å². The van der Waals surface area contributed by atoms with Gasteiger partial charge in [-0.25, -0.2) is 9.36 Å². The van der Waals surface area contributed by atoms with Crippen LogP contribution in [-0.2, 0) is 4.79 Å². The van der Waals surface area contributed by atoms with Gasteiger partial charge in [0.1, 0.15) is 22.7 Å². The minimum Gasteiger partial charge on any atom is -0.497 e. The number of nitrogens with zero attached hydrogens (tertiary/aromatic N) is 5. The van der Waals surface area contributed by atoms with Gasteiger partial charge in [-0.3, -0.25) is 9.59 Å². The van der Waals surface area contributed by atoms with E-state index in [0.717, 1.165) is 5.69 Å². The van der Waals surface area contributed by atoms with Crippen molar-refractivity contribution >= 4 is 22.5 Å². The van der Waals surface area contributed by atoms with Gasteiger partial charge in [0.25, 0.3) is 5.56 Å². The number of hydrogen-bond donors (Lipinski definition) is 1. The van der Waals surface area contributed by atoms with Crippen LogP contribution in [0.2, 0.25) is 0 Å². The summed E-state index contributed by atoms with van der Waals surface area (Å²) in [6.07, 6.45) is 3.71. The summed E-state index contributed by atoms with van der Waals surface area (Å²) < 4.78 is 10.0. The highest BCUT2D eigenvalue weighted by Crippen LogP contribution is 2.25. The molecule has 35 heavy (non-hydrogen) atoms. The first-order valence-electron chi connectivity index (χ1n) is 11.1. The number of hydrogen-bond acceptors (Lipinski definition) is 5. The van der Waals surface area contributed by atoms with Gasteiger partial charge in [0, 0.05) is 24.1 Å². The van der Waals surface area contributed by atoms with Gasteiger partial charge in [-0.2, -0.15) is 10.2 Å². The molecular formula is C26H24N6O3. The molecule has 0 radical (unpaired) electrons. The lowest BCUT2D eigenvalue weighted by Crippen LogP contribution is -2.34. The Bertz CT molecular complexity index is 1570. The van der Waals surface area contributed by atoms with Crippen LogP contribution in [-0.4, -0.2) is 37.1 Å². The van der Waals surface area contributed by atoms with Crippen molar-refractivity contribution in [2.45, 2.75) is 19.9 Å². The molecule has 1 atom stereocenters. The van der Waals surface area contributed by atoms with Crippen LogP contribution < -0.4 is 15.6 Å². The third-order valence-corrected chi connectivity index (χ3v) is 5.82. The highest BCUT2D eigenvalue weighted by Gasteiger charge is 2.25. The fraction of sp³-hybridized carbons (Fsp3) is 0.154. The molecule has 0 saturated carbocycles. The first kappa shape index (κ1) is 22.1. The largest absolute Gasteiger partial charge is 0.497 e. The van der Waals surface area contributed by atoms with Gasteiger partial charge in [0.2, 0.25) is 5.91 Å². The van der Waals surface area contributed by atoms with Gasteiger partial charge in [0.05, 0.1) is 18.5 Å². The Hall–Kier alpha value is -4.66. The Morgan fingerprint density at radius 2 is 1.74 bits per heavy atom. The van der Waals surface area contributed by atoms with E-state index < -0.39 is 11.6 Å². The second kappa shape index (κ2) is 8.94. The highest BCUT2D eigenvalue weighted by atomic mass is 16.5. The van der Waals surface area contributed by atoms with Crippen molar-refractivity contribution in [1.29, 1.82) is 0 Å². The van der Waals surface area contributed by atoms with Crippen LogP contribution >= 0.6 is 0 Å². The predicted molar refractivity (Wildman–Crippen MR) is 134 cm³/mol. The van der Waals surface area contributed by atoms with E-state index in [4.69, 9.17) is 9.84 Å². The summed E-state index contributed by atoms with van der Waals surface area (Å²) in [5.74, 6) is 0.832. The number of nitrogens with one attached hydrogen (secondary N) is 1. The van der Waals surface area contributed by atoms with E-state index in [9.17, 15) is 9.59 Å². The summed E-state index contributed by atoms with van der Waals surface area (Å²) in [6, 6.07) is 19.5. The van der Waals surface area contributed by atoms with Crippen molar-refractivity contribution < 1.29 is 9.53 Å². The zero-order chi connectivity index (χ0) is 24.5. The van der Waals surface area contributed by atoms with E-state index in [1.165, 1.54) is 4.68 Å². The number of aryl methyl sites for hydroxylation is 1. The van der Waals surface area contributed by atoms with E-state index in [1.807, 2.05) is 59.4 Å². The number of anilines is 1. The fourth-order valence-electron chi connectivity index (χ4n) is 4.01. The molecule has 3 heterocycles. The number of amides is 1. The molecule has 0 saturated heterocycles. The van der Waals surface area contributed by atoms with Crippen molar-refractivity contribution in [3.63, 3.8) is 0 Å². The van der Waals surface area contributed by atoms with E-state index in [1.54, 1.807) is 49.9 Å². The van der Waals surface area contributed by atoms with E-state index in [2.05, 4.69) is 10.4 Å². The van der Waals surface area contributed by atoms with Crippen molar-refractivity contribution in [3.05, 3.63) is 95.2 Å². The zero-order valence-electron chi connectivity index (χ0n) is 19.5. The molecular weight excluding hydrogens is 444 g/mol. The second-order valence-corrected chi connectivity index (χ2v) is 8.12. The quantitative estimate of drug-likeness (QED) is 0.408. The molecule has 2 aromatic carbocycles. The molecule has 1 amide bonds. The van der Waals surface area contributed by atoms with Crippen LogP contribution in [0, 0.1) is 6.92 Å². The Morgan fingerprint density at radius 1 is 1.00 bits per heavy atom. The lowest BCUT2D eigenvalue weighted by molar-refractivity contribution is -0.119. The summed E-state index contributed by atoms with van der Waals surface area (Å²) in [4.78, 5) is 26.8. The molecule has 9 nitrogen and oxygen atoms in total. The van der Waals surface area contributed by atoms with Gasteiger partial charge >= 0.3 is 0 Å². The zero-order valence-corrected chi connectivity index (χ0v) is 19.5. The molecule has 0 aliphatic heterocycles. The highest BCUT2D eigenvalue weighted by molar-refractivity contribution is 5.94. The number of ether oxygens (including phenoxy) is 1. The van der Waals surface area contributed by atoms with Crippen LogP contribution in [0.1, 0.15) is 18.7 Å². The molecule has 0 aliphatic rings. The lowest BCUT2D eigenvalue weighted by atomic mass is 10.2. The average Bonchev–Trinajstić information content (AvgIpc) is 3.55. The van der Waals surface area contributed by atoms with Crippen LogP contribution in [0.5, 0.6) is 5.75 Å².